The van der Waals surface area contributed by atoms with Crippen LogP contribution in [-0.4, -0.2) is 27.3 Å². The van der Waals surface area contributed by atoms with Crippen molar-refractivity contribution in [1.82, 2.24) is 0 Å². The van der Waals surface area contributed by atoms with Crippen molar-refractivity contribution in [1.29, 1.82) is 0 Å². The second-order valence-corrected chi connectivity index (χ2v) is 8.16. The Morgan fingerprint density at radius 2 is 1.40 bits per heavy atom. The van der Waals surface area contributed by atoms with Crippen LogP contribution in [-0.2, 0) is 8.85 Å². The fraction of sp³-hybridized carbons (Fsp3) is 1.00. The van der Waals surface area contributed by atoms with Gasteiger partial charge < -0.3 is 14.6 Å². The van der Waals surface area contributed by atoms with Crippen LogP contribution >= 0.6 is 0 Å². The smallest absolute Gasteiger partial charge is 0.335 e. The lowest BCUT2D eigenvalue weighted by Crippen LogP contribution is -2.45. The van der Waals surface area contributed by atoms with Gasteiger partial charge in [0.05, 0.1) is 0 Å². The summed E-state index contributed by atoms with van der Waals surface area (Å²) in [6.45, 7) is 13.2. The first-order valence-corrected chi connectivity index (χ1v) is 8.37. The molecular weight excluding hydrogens is 206 g/mol. The molecule has 1 atom stereocenters. The molecule has 0 bridgehead atoms. The SMILES string of the molecule is CC(CN)C[Si](C)(OC(C)C)OC(C)C. The molecule has 0 aliphatic carbocycles. The van der Waals surface area contributed by atoms with Crippen molar-refractivity contribution < 1.29 is 8.85 Å². The first kappa shape index (κ1) is 15.1. The lowest BCUT2D eigenvalue weighted by molar-refractivity contribution is 0.106. The second-order valence-electron chi connectivity index (χ2n) is 5.01. The van der Waals surface area contributed by atoms with Crippen LogP contribution in [0.1, 0.15) is 34.6 Å². The van der Waals surface area contributed by atoms with E-state index in [1.165, 1.54) is 0 Å². The summed E-state index contributed by atoms with van der Waals surface area (Å²) in [4.78, 5) is 0. The quantitative estimate of drug-likeness (QED) is 0.687. The van der Waals surface area contributed by atoms with E-state index in [2.05, 4.69) is 41.2 Å². The maximum Gasteiger partial charge on any atom is 0.335 e. The number of rotatable bonds is 7. The molecule has 3 nitrogen and oxygen atoms in total. The van der Waals surface area contributed by atoms with Crippen molar-refractivity contribution in [2.24, 2.45) is 11.7 Å². The molecule has 0 rings (SSSR count). The topological polar surface area (TPSA) is 44.5 Å². The highest BCUT2D eigenvalue weighted by Crippen LogP contribution is 2.22. The van der Waals surface area contributed by atoms with E-state index in [4.69, 9.17) is 14.6 Å². The van der Waals surface area contributed by atoms with Gasteiger partial charge in [-0.25, -0.2) is 0 Å². The highest BCUT2D eigenvalue weighted by Gasteiger charge is 2.35. The molecule has 0 heterocycles. The molecule has 0 aliphatic rings. The predicted molar refractivity (Wildman–Crippen MR) is 67.1 cm³/mol. The maximum absolute atomic E-state index is 5.98. The Morgan fingerprint density at radius 3 is 1.67 bits per heavy atom. The second kappa shape index (κ2) is 6.63. The van der Waals surface area contributed by atoms with Gasteiger partial charge in [-0.3, -0.25) is 0 Å². The summed E-state index contributed by atoms with van der Waals surface area (Å²) in [5.41, 5.74) is 5.65. The molecule has 4 heteroatoms. The zero-order valence-corrected chi connectivity index (χ0v) is 12.0. The maximum atomic E-state index is 5.98. The highest BCUT2D eigenvalue weighted by atomic mass is 28.4. The van der Waals surface area contributed by atoms with E-state index in [0.29, 0.717) is 12.5 Å². The van der Waals surface area contributed by atoms with Crippen molar-refractivity contribution in [2.75, 3.05) is 6.54 Å². The van der Waals surface area contributed by atoms with Gasteiger partial charge in [0, 0.05) is 12.2 Å². The Labute approximate surface area is 95.6 Å². The molecule has 0 spiro atoms. The predicted octanol–water partition coefficient (Wildman–Crippen LogP) is 2.50. The van der Waals surface area contributed by atoms with Crippen LogP contribution < -0.4 is 5.73 Å². The summed E-state index contributed by atoms with van der Waals surface area (Å²) in [5.74, 6) is 0.471. The summed E-state index contributed by atoms with van der Waals surface area (Å²) < 4.78 is 12.0. The van der Waals surface area contributed by atoms with E-state index < -0.39 is 8.56 Å². The van der Waals surface area contributed by atoms with Crippen LogP contribution in [0.5, 0.6) is 0 Å². The van der Waals surface area contributed by atoms with Crippen molar-refractivity contribution in [2.45, 2.75) is 59.4 Å². The zero-order valence-electron chi connectivity index (χ0n) is 11.0. The van der Waals surface area contributed by atoms with Crippen LogP contribution in [0.4, 0.5) is 0 Å². The lowest BCUT2D eigenvalue weighted by Gasteiger charge is -2.32. The van der Waals surface area contributed by atoms with Crippen molar-refractivity contribution in [3.63, 3.8) is 0 Å². The largest absolute Gasteiger partial charge is 0.392 e. The van der Waals surface area contributed by atoms with Gasteiger partial charge >= 0.3 is 8.56 Å². The van der Waals surface area contributed by atoms with E-state index >= 15 is 0 Å². The minimum absolute atomic E-state index is 0.227. The van der Waals surface area contributed by atoms with E-state index in [1.807, 2.05) is 0 Å². The molecule has 0 aromatic rings. The molecule has 0 aromatic heterocycles. The summed E-state index contributed by atoms with van der Waals surface area (Å²) >= 11 is 0. The third-order valence-electron chi connectivity index (χ3n) is 2.09. The first-order valence-electron chi connectivity index (χ1n) is 5.84. The van der Waals surface area contributed by atoms with Gasteiger partial charge in [-0.05, 0) is 52.7 Å². The van der Waals surface area contributed by atoms with Crippen molar-refractivity contribution in [3.8, 4) is 0 Å². The van der Waals surface area contributed by atoms with Crippen LogP contribution in [0.25, 0.3) is 0 Å². The third kappa shape index (κ3) is 7.06. The van der Waals surface area contributed by atoms with Crippen LogP contribution in [0, 0.1) is 5.92 Å². The molecule has 2 N–H and O–H groups in total. The van der Waals surface area contributed by atoms with Crippen LogP contribution in [0.2, 0.25) is 12.6 Å². The van der Waals surface area contributed by atoms with E-state index in [0.717, 1.165) is 6.04 Å². The van der Waals surface area contributed by atoms with Crippen LogP contribution in [0.15, 0.2) is 0 Å². The molecule has 0 amide bonds. The molecule has 0 aromatic carbocycles. The summed E-state index contributed by atoms with van der Waals surface area (Å²) in [6.07, 6.45) is 0.454. The zero-order chi connectivity index (χ0) is 12.1. The number of nitrogens with two attached hydrogens (primary N) is 1. The fourth-order valence-corrected chi connectivity index (χ4v) is 5.51. The molecule has 1 unspecified atom stereocenters. The molecule has 0 radical (unpaired) electrons. The molecule has 92 valence electrons. The Hall–Kier alpha value is 0.0969. The average molecular weight is 233 g/mol. The number of hydrogen-bond donors (Lipinski definition) is 1. The van der Waals surface area contributed by atoms with Gasteiger partial charge in [0.25, 0.3) is 0 Å². The van der Waals surface area contributed by atoms with E-state index in [1.54, 1.807) is 0 Å². The summed E-state index contributed by atoms with van der Waals surface area (Å²) in [6, 6.07) is 0.972. The average Bonchev–Trinajstić information content (AvgIpc) is 1.99. The van der Waals surface area contributed by atoms with E-state index in [9.17, 15) is 0 Å². The van der Waals surface area contributed by atoms with Crippen molar-refractivity contribution in [3.05, 3.63) is 0 Å². The minimum Gasteiger partial charge on any atom is -0.392 e. The lowest BCUT2D eigenvalue weighted by atomic mass is 10.2. The van der Waals surface area contributed by atoms with Gasteiger partial charge in [0.1, 0.15) is 0 Å². The molecule has 0 saturated carbocycles. The molecular formula is C11H27NO2Si. The van der Waals surface area contributed by atoms with Gasteiger partial charge in [0.2, 0.25) is 0 Å². The summed E-state index contributed by atoms with van der Waals surface area (Å²) in [5, 5.41) is 0. The van der Waals surface area contributed by atoms with Gasteiger partial charge in [-0.15, -0.1) is 0 Å². The number of hydrogen-bond acceptors (Lipinski definition) is 3. The van der Waals surface area contributed by atoms with Gasteiger partial charge in [0.15, 0.2) is 0 Å². The standard InChI is InChI=1S/C11H27NO2Si/c1-9(2)13-15(6,14-10(3)4)8-11(5)7-12/h9-11H,7-8,12H2,1-6H3. The third-order valence-corrected chi connectivity index (χ3v) is 5.47. The van der Waals surface area contributed by atoms with Gasteiger partial charge in [-0.2, -0.15) is 0 Å². The monoisotopic (exact) mass is 233 g/mol. The fourth-order valence-electron chi connectivity index (χ4n) is 1.84. The normalized spacial score (nSPS) is 15.0. The Balaban J connectivity index is 4.39. The molecule has 15 heavy (non-hydrogen) atoms. The molecule has 0 saturated heterocycles. The first-order chi connectivity index (χ1) is 6.79. The van der Waals surface area contributed by atoms with Crippen molar-refractivity contribution >= 4 is 8.56 Å². The highest BCUT2D eigenvalue weighted by molar-refractivity contribution is 6.66. The van der Waals surface area contributed by atoms with Gasteiger partial charge in [-0.1, -0.05) is 6.92 Å². The van der Waals surface area contributed by atoms with Crippen LogP contribution in [0.3, 0.4) is 0 Å². The molecule has 0 aliphatic heterocycles. The Morgan fingerprint density at radius 1 is 1.00 bits per heavy atom. The Bertz CT molecular complexity index is 164. The summed E-state index contributed by atoms with van der Waals surface area (Å²) in [7, 11) is -2.04. The molecule has 0 fully saturated rings. The minimum atomic E-state index is -2.04. The Kier molecular flexibility index (Phi) is 6.67. The van der Waals surface area contributed by atoms with E-state index in [-0.39, 0.29) is 12.2 Å².